The van der Waals surface area contributed by atoms with Crippen LogP contribution >= 0.6 is 0 Å². The summed E-state index contributed by atoms with van der Waals surface area (Å²) in [6.07, 6.45) is 3.70. The zero-order valence-corrected chi connectivity index (χ0v) is 11.5. The van der Waals surface area contributed by atoms with Crippen LogP contribution in [0.2, 0.25) is 0 Å². The Balaban J connectivity index is 1.83. The van der Waals surface area contributed by atoms with Gasteiger partial charge in [-0.1, -0.05) is 66.7 Å². The molecule has 0 bridgehead atoms. The quantitative estimate of drug-likeness (QED) is 0.671. The lowest BCUT2D eigenvalue weighted by molar-refractivity contribution is 0.329. The molecule has 1 atom stereocenters. The van der Waals surface area contributed by atoms with Crippen molar-refractivity contribution in [1.29, 1.82) is 0 Å². The molecule has 1 aliphatic heterocycles. The number of pyridine rings is 1. The third kappa shape index (κ3) is 1.96. The van der Waals surface area contributed by atoms with E-state index in [-0.39, 0.29) is 11.7 Å². The number of aromatic nitrogens is 1. The minimum absolute atomic E-state index is 0.0241. The third-order valence-electron chi connectivity index (χ3n) is 4.01. The lowest BCUT2D eigenvalue weighted by Crippen LogP contribution is -2.12. The summed E-state index contributed by atoms with van der Waals surface area (Å²) in [5.41, 5.74) is 3.10. The van der Waals surface area contributed by atoms with E-state index in [0.717, 1.165) is 5.56 Å². The topological polar surface area (TPSA) is 25.4 Å². The van der Waals surface area contributed by atoms with Crippen molar-refractivity contribution in [2.24, 2.45) is 0 Å². The van der Waals surface area contributed by atoms with E-state index in [1.165, 1.54) is 11.1 Å². The van der Waals surface area contributed by atoms with Gasteiger partial charge in [-0.3, -0.25) is 4.98 Å². The van der Waals surface area contributed by atoms with E-state index in [0.29, 0.717) is 0 Å². The van der Waals surface area contributed by atoms with Crippen LogP contribution in [0.3, 0.4) is 0 Å². The number of benzene rings is 2. The Morgan fingerprint density at radius 2 is 1.38 bits per heavy atom. The number of epoxide rings is 1. The predicted molar refractivity (Wildman–Crippen MR) is 81.7 cm³/mol. The average Bonchev–Trinajstić information content (AvgIpc) is 3.34. The molecule has 0 spiro atoms. The van der Waals surface area contributed by atoms with Gasteiger partial charge in [0.15, 0.2) is 0 Å². The second-order valence-electron chi connectivity index (χ2n) is 5.25. The zero-order valence-electron chi connectivity index (χ0n) is 11.5. The van der Waals surface area contributed by atoms with Crippen molar-refractivity contribution in [1.82, 2.24) is 4.98 Å². The number of ether oxygens (including phenoxy) is 1. The molecule has 1 aliphatic rings. The van der Waals surface area contributed by atoms with Gasteiger partial charge in [-0.2, -0.15) is 0 Å². The van der Waals surface area contributed by atoms with Crippen molar-refractivity contribution in [3.05, 3.63) is 102 Å². The SMILES string of the molecule is c1ccc(C2(c3ccccc3)OC2c2cccnc2)cc1. The van der Waals surface area contributed by atoms with Gasteiger partial charge in [0.2, 0.25) is 0 Å². The maximum absolute atomic E-state index is 6.22. The molecule has 0 N–H and O–H groups in total. The lowest BCUT2D eigenvalue weighted by atomic mass is 9.86. The van der Waals surface area contributed by atoms with Crippen LogP contribution < -0.4 is 0 Å². The smallest absolute Gasteiger partial charge is 0.149 e. The van der Waals surface area contributed by atoms with Crippen LogP contribution in [-0.4, -0.2) is 4.98 Å². The number of hydrogen-bond donors (Lipinski definition) is 0. The molecule has 4 rings (SSSR count). The van der Waals surface area contributed by atoms with Gasteiger partial charge in [-0.15, -0.1) is 0 Å². The molecule has 2 heteroatoms. The highest BCUT2D eigenvalue weighted by atomic mass is 16.6. The Labute approximate surface area is 124 Å². The molecular formula is C19H15NO. The van der Waals surface area contributed by atoms with E-state index in [9.17, 15) is 0 Å². The van der Waals surface area contributed by atoms with E-state index in [1.807, 2.05) is 24.4 Å². The van der Waals surface area contributed by atoms with Gasteiger partial charge in [0.1, 0.15) is 11.7 Å². The van der Waals surface area contributed by atoms with Crippen LogP contribution in [0, 0.1) is 0 Å². The van der Waals surface area contributed by atoms with Gasteiger partial charge in [0, 0.05) is 18.0 Å². The van der Waals surface area contributed by atoms with E-state index in [1.54, 1.807) is 6.20 Å². The standard InChI is InChI=1S/C19H15NO/c1-3-9-16(10-4-1)19(17-11-5-2-6-12-17)18(21-19)15-8-7-13-20-14-15/h1-14,18H. The monoisotopic (exact) mass is 273 g/mol. The van der Waals surface area contributed by atoms with E-state index in [2.05, 4.69) is 59.6 Å². The summed E-state index contributed by atoms with van der Waals surface area (Å²) in [6.45, 7) is 0. The van der Waals surface area contributed by atoms with Gasteiger partial charge in [-0.05, 0) is 17.2 Å². The molecule has 0 aliphatic carbocycles. The molecular weight excluding hydrogens is 258 g/mol. The Bertz CT molecular complexity index is 686. The minimum atomic E-state index is -0.383. The normalized spacial score (nSPS) is 19.1. The highest BCUT2D eigenvalue weighted by Crippen LogP contribution is 2.60. The Hall–Kier alpha value is -2.45. The van der Waals surface area contributed by atoms with Crippen LogP contribution in [0.5, 0.6) is 0 Å². The Morgan fingerprint density at radius 1 is 0.762 bits per heavy atom. The first-order valence-electron chi connectivity index (χ1n) is 7.10. The Kier molecular flexibility index (Phi) is 2.83. The minimum Gasteiger partial charge on any atom is -0.351 e. The van der Waals surface area contributed by atoms with Crippen molar-refractivity contribution in [2.75, 3.05) is 0 Å². The summed E-state index contributed by atoms with van der Waals surface area (Å²) in [6, 6.07) is 24.8. The molecule has 1 aromatic heterocycles. The molecule has 3 aromatic rings. The third-order valence-corrected chi connectivity index (χ3v) is 4.01. The maximum atomic E-state index is 6.22. The van der Waals surface area contributed by atoms with Gasteiger partial charge in [0.05, 0.1) is 0 Å². The van der Waals surface area contributed by atoms with Crippen LogP contribution in [0.1, 0.15) is 22.8 Å². The second-order valence-corrected chi connectivity index (χ2v) is 5.25. The van der Waals surface area contributed by atoms with Crippen molar-refractivity contribution in [2.45, 2.75) is 11.7 Å². The fourth-order valence-corrected chi connectivity index (χ4v) is 2.96. The predicted octanol–water partition coefficient (Wildman–Crippen LogP) is 4.10. The first kappa shape index (κ1) is 12.3. The van der Waals surface area contributed by atoms with E-state index < -0.39 is 0 Å². The average molecular weight is 273 g/mol. The largest absolute Gasteiger partial charge is 0.351 e. The molecule has 0 amide bonds. The molecule has 1 fully saturated rings. The summed E-state index contributed by atoms with van der Waals surface area (Å²) >= 11 is 0. The van der Waals surface area contributed by atoms with Gasteiger partial charge >= 0.3 is 0 Å². The first-order chi connectivity index (χ1) is 10.4. The fourth-order valence-electron chi connectivity index (χ4n) is 2.96. The zero-order chi connectivity index (χ0) is 14.1. The highest BCUT2D eigenvalue weighted by Gasteiger charge is 2.59. The highest BCUT2D eigenvalue weighted by molar-refractivity contribution is 5.45. The molecule has 21 heavy (non-hydrogen) atoms. The van der Waals surface area contributed by atoms with E-state index >= 15 is 0 Å². The first-order valence-corrected chi connectivity index (χ1v) is 7.10. The van der Waals surface area contributed by atoms with Gasteiger partial charge in [0.25, 0.3) is 0 Å². The molecule has 0 radical (unpaired) electrons. The maximum Gasteiger partial charge on any atom is 0.149 e. The molecule has 2 aromatic carbocycles. The number of hydrogen-bond acceptors (Lipinski definition) is 2. The van der Waals surface area contributed by atoms with Crippen molar-refractivity contribution in [3.63, 3.8) is 0 Å². The fraction of sp³-hybridized carbons (Fsp3) is 0.105. The molecule has 1 saturated heterocycles. The summed E-state index contributed by atoms with van der Waals surface area (Å²) in [7, 11) is 0. The lowest BCUT2D eigenvalue weighted by Gasteiger charge is -2.14. The summed E-state index contributed by atoms with van der Waals surface area (Å²) < 4.78 is 6.22. The molecule has 2 heterocycles. The Morgan fingerprint density at radius 3 is 1.90 bits per heavy atom. The molecule has 102 valence electrons. The second kappa shape index (κ2) is 4.83. The summed E-state index contributed by atoms with van der Waals surface area (Å²) in [4.78, 5) is 4.22. The molecule has 1 unspecified atom stereocenters. The van der Waals surface area contributed by atoms with Crippen molar-refractivity contribution in [3.8, 4) is 0 Å². The van der Waals surface area contributed by atoms with Crippen LogP contribution in [0.4, 0.5) is 0 Å². The number of nitrogens with zero attached hydrogens (tertiary/aromatic N) is 1. The van der Waals surface area contributed by atoms with Gasteiger partial charge in [-0.25, -0.2) is 0 Å². The van der Waals surface area contributed by atoms with Crippen molar-refractivity contribution >= 4 is 0 Å². The molecule has 0 saturated carbocycles. The molecule has 2 nitrogen and oxygen atoms in total. The van der Waals surface area contributed by atoms with Crippen LogP contribution in [0.15, 0.2) is 85.2 Å². The van der Waals surface area contributed by atoms with Crippen LogP contribution in [-0.2, 0) is 10.3 Å². The van der Waals surface area contributed by atoms with Crippen molar-refractivity contribution < 1.29 is 4.74 Å². The summed E-state index contributed by atoms with van der Waals surface area (Å²) in [5, 5.41) is 0. The van der Waals surface area contributed by atoms with Crippen LogP contribution in [0.25, 0.3) is 0 Å². The number of rotatable bonds is 3. The summed E-state index contributed by atoms with van der Waals surface area (Å²) in [5.74, 6) is 0. The van der Waals surface area contributed by atoms with Gasteiger partial charge < -0.3 is 4.74 Å². The van der Waals surface area contributed by atoms with E-state index in [4.69, 9.17) is 4.74 Å².